The first-order valence-corrected chi connectivity index (χ1v) is 6.77. The summed E-state index contributed by atoms with van der Waals surface area (Å²) in [4.78, 5) is 13.8. The summed E-state index contributed by atoms with van der Waals surface area (Å²) in [5.74, 6) is 0.637. The van der Waals surface area contributed by atoms with E-state index in [1.54, 1.807) is 4.90 Å². The van der Waals surface area contributed by atoms with E-state index in [9.17, 15) is 4.79 Å². The second kappa shape index (κ2) is 5.59. The molecule has 2 aliphatic rings. The Bertz CT molecular complexity index is 438. The number of hydrogen-bond donors (Lipinski definition) is 2. The Hall–Kier alpha value is -1.59. The molecule has 0 aromatic heterocycles. The Morgan fingerprint density at radius 2 is 2.21 bits per heavy atom. The van der Waals surface area contributed by atoms with Crippen LogP contribution >= 0.6 is 0 Å². The molecule has 0 saturated carbocycles. The fourth-order valence-electron chi connectivity index (χ4n) is 2.71. The zero-order valence-corrected chi connectivity index (χ0v) is 10.8. The highest BCUT2D eigenvalue weighted by molar-refractivity contribution is 5.67. The molecule has 0 radical (unpaired) electrons. The number of ether oxygens (including phenoxy) is 1. The predicted molar refractivity (Wildman–Crippen MR) is 71.2 cm³/mol. The van der Waals surface area contributed by atoms with Gasteiger partial charge in [0, 0.05) is 25.7 Å². The third kappa shape index (κ3) is 2.88. The monoisotopic (exact) mass is 261 g/mol. The minimum absolute atomic E-state index is 0.212. The number of piperidine rings is 1. The molecule has 1 aromatic carbocycles. The minimum Gasteiger partial charge on any atom is -0.445 e. The summed E-state index contributed by atoms with van der Waals surface area (Å²) in [5, 5.41) is 0. The van der Waals surface area contributed by atoms with E-state index in [0.29, 0.717) is 18.6 Å². The summed E-state index contributed by atoms with van der Waals surface area (Å²) < 4.78 is 5.35. The third-order valence-corrected chi connectivity index (χ3v) is 3.87. The van der Waals surface area contributed by atoms with Crippen LogP contribution in [0, 0.1) is 5.92 Å². The van der Waals surface area contributed by atoms with E-state index in [0.717, 1.165) is 31.6 Å². The quantitative estimate of drug-likeness (QED) is 0.837. The maximum absolute atomic E-state index is 12.0. The first kappa shape index (κ1) is 12.4. The number of carbonyl (C=O) groups excluding carboxylic acids is 1. The Balaban J connectivity index is 1.50. The van der Waals surface area contributed by atoms with Crippen molar-refractivity contribution in [3.05, 3.63) is 35.9 Å². The van der Waals surface area contributed by atoms with Crippen molar-refractivity contribution in [1.82, 2.24) is 15.8 Å². The molecule has 2 fully saturated rings. The second-order valence-corrected chi connectivity index (χ2v) is 5.17. The molecule has 19 heavy (non-hydrogen) atoms. The van der Waals surface area contributed by atoms with Crippen LogP contribution in [0.3, 0.4) is 0 Å². The van der Waals surface area contributed by atoms with E-state index in [4.69, 9.17) is 4.74 Å². The lowest BCUT2D eigenvalue weighted by molar-refractivity contribution is 0.0788. The van der Waals surface area contributed by atoms with Crippen molar-refractivity contribution in [2.24, 2.45) is 5.92 Å². The normalized spacial score (nSPS) is 26.0. The highest BCUT2D eigenvalue weighted by Crippen LogP contribution is 2.20. The molecule has 0 spiro atoms. The number of nitrogens with one attached hydrogen (secondary N) is 2. The predicted octanol–water partition coefficient (Wildman–Crippen LogP) is 1.12. The van der Waals surface area contributed by atoms with Gasteiger partial charge in [-0.25, -0.2) is 4.79 Å². The van der Waals surface area contributed by atoms with Gasteiger partial charge in [0.2, 0.25) is 0 Å². The maximum atomic E-state index is 12.0. The van der Waals surface area contributed by atoms with Crippen molar-refractivity contribution in [3.8, 4) is 0 Å². The summed E-state index contributed by atoms with van der Waals surface area (Å²) in [6, 6.07) is 10.1. The van der Waals surface area contributed by atoms with Crippen molar-refractivity contribution in [1.29, 1.82) is 0 Å². The highest BCUT2D eigenvalue weighted by Gasteiger charge is 2.34. The van der Waals surface area contributed by atoms with Gasteiger partial charge in [0.15, 0.2) is 0 Å². The Morgan fingerprint density at radius 3 is 3.05 bits per heavy atom. The van der Waals surface area contributed by atoms with Crippen LogP contribution in [-0.2, 0) is 11.3 Å². The van der Waals surface area contributed by atoms with Crippen LogP contribution in [0.5, 0.6) is 0 Å². The molecule has 2 aliphatic heterocycles. The summed E-state index contributed by atoms with van der Waals surface area (Å²) in [7, 11) is 0. The van der Waals surface area contributed by atoms with E-state index in [-0.39, 0.29) is 6.09 Å². The van der Waals surface area contributed by atoms with Crippen molar-refractivity contribution in [2.45, 2.75) is 19.1 Å². The molecule has 3 rings (SSSR count). The number of benzene rings is 1. The lowest BCUT2D eigenvalue weighted by Crippen LogP contribution is -2.49. The Morgan fingerprint density at radius 1 is 1.37 bits per heavy atom. The standard InChI is InChI=1S/C14H19N3O2/c18-14(19-10-11-4-2-1-3-5-11)17-7-6-12-8-15-16-13(12)9-17/h1-5,12-13,15-16H,6-10H2. The fourth-order valence-corrected chi connectivity index (χ4v) is 2.71. The lowest BCUT2D eigenvalue weighted by atomic mass is 9.94. The number of hydrazine groups is 1. The number of rotatable bonds is 2. The first-order valence-electron chi connectivity index (χ1n) is 6.77. The summed E-state index contributed by atoms with van der Waals surface area (Å²) in [6.07, 6.45) is 0.821. The van der Waals surface area contributed by atoms with Crippen molar-refractivity contribution < 1.29 is 9.53 Å². The van der Waals surface area contributed by atoms with Crippen LogP contribution < -0.4 is 10.9 Å². The molecule has 0 aliphatic carbocycles. The number of likely N-dealkylation sites (tertiary alicyclic amines) is 1. The van der Waals surface area contributed by atoms with Crippen LogP contribution in [0.25, 0.3) is 0 Å². The van der Waals surface area contributed by atoms with Gasteiger partial charge in [-0.2, -0.15) is 0 Å². The van der Waals surface area contributed by atoms with Gasteiger partial charge in [-0.05, 0) is 17.9 Å². The molecule has 1 aromatic rings. The van der Waals surface area contributed by atoms with Gasteiger partial charge in [-0.3, -0.25) is 10.9 Å². The second-order valence-electron chi connectivity index (χ2n) is 5.17. The van der Waals surface area contributed by atoms with Crippen LogP contribution in [-0.4, -0.2) is 36.7 Å². The van der Waals surface area contributed by atoms with Gasteiger partial charge < -0.3 is 9.64 Å². The molecule has 2 atom stereocenters. The average molecular weight is 261 g/mol. The molecular weight excluding hydrogens is 242 g/mol. The third-order valence-electron chi connectivity index (χ3n) is 3.87. The maximum Gasteiger partial charge on any atom is 0.410 e. The molecule has 5 nitrogen and oxygen atoms in total. The molecule has 2 saturated heterocycles. The molecule has 2 unspecified atom stereocenters. The smallest absolute Gasteiger partial charge is 0.410 e. The fraction of sp³-hybridized carbons (Fsp3) is 0.500. The van der Waals surface area contributed by atoms with Crippen molar-refractivity contribution in [3.63, 3.8) is 0 Å². The van der Waals surface area contributed by atoms with Crippen LogP contribution in [0.15, 0.2) is 30.3 Å². The first-order chi connectivity index (χ1) is 9.33. The zero-order valence-electron chi connectivity index (χ0n) is 10.8. The van der Waals surface area contributed by atoms with Gasteiger partial charge in [-0.1, -0.05) is 30.3 Å². The van der Waals surface area contributed by atoms with Crippen molar-refractivity contribution in [2.75, 3.05) is 19.6 Å². The minimum atomic E-state index is -0.212. The molecule has 2 heterocycles. The number of carbonyl (C=O) groups is 1. The number of hydrogen-bond acceptors (Lipinski definition) is 4. The lowest BCUT2D eigenvalue weighted by Gasteiger charge is -2.33. The summed E-state index contributed by atoms with van der Waals surface area (Å²) >= 11 is 0. The Kier molecular flexibility index (Phi) is 3.66. The van der Waals surface area contributed by atoms with E-state index in [1.807, 2.05) is 30.3 Å². The average Bonchev–Trinajstić information content (AvgIpc) is 2.93. The number of nitrogens with zero attached hydrogens (tertiary/aromatic N) is 1. The molecular formula is C14H19N3O2. The van der Waals surface area contributed by atoms with Crippen LogP contribution in [0.1, 0.15) is 12.0 Å². The largest absolute Gasteiger partial charge is 0.445 e. The van der Waals surface area contributed by atoms with Gasteiger partial charge >= 0.3 is 6.09 Å². The zero-order chi connectivity index (χ0) is 13.1. The molecule has 102 valence electrons. The number of fused-ring (bicyclic) bond motifs is 1. The van der Waals surface area contributed by atoms with Gasteiger partial charge in [0.05, 0.1) is 0 Å². The molecule has 2 N–H and O–H groups in total. The van der Waals surface area contributed by atoms with Crippen LogP contribution in [0.2, 0.25) is 0 Å². The number of amides is 1. The molecule has 5 heteroatoms. The van der Waals surface area contributed by atoms with E-state index in [2.05, 4.69) is 10.9 Å². The van der Waals surface area contributed by atoms with Gasteiger partial charge in [-0.15, -0.1) is 0 Å². The Labute approximate surface area is 112 Å². The summed E-state index contributed by atoms with van der Waals surface area (Å²) in [6.45, 7) is 2.86. The SMILES string of the molecule is O=C(OCc1ccccc1)N1CCC2CNNC2C1. The van der Waals surface area contributed by atoms with Crippen LogP contribution in [0.4, 0.5) is 4.79 Å². The highest BCUT2D eigenvalue weighted by atomic mass is 16.6. The van der Waals surface area contributed by atoms with Gasteiger partial charge in [0.1, 0.15) is 6.61 Å². The molecule has 1 amide bonds. The van der Waals surface area contributed by atoms with E-state index in [1.165, 1.54) is 0 Å². The van der Waals surface area contributed by atoms with Crippen molar-refractivity contribution >= 4 is 6.09 Å². The summed E-state index contributed by atoms with van der Waals surface area (Å²) in [5.41, 5.74) is 7.39. The van der Waals surface area contributed by atoms with Gasteiger partial charge in [0.25, 0.3) is 0 Å². The van der Waals surface area contributed by atoms with E-state index >= 15 is 0 Å². The van der Waals surface area contributed by atoms with E-state index < -0.39 is 0 Å². The molecule has 0 bridgehead atoms. The topological polar surface area (TPSA) is 53.6 Å².